The van der Waals surface area contributed by atoms with Gasteiger partial charge in [-0.1, -0.05) is 12.1 Å². The summed E-state index contributed by atoms with van der Waals surface area (Å²) in [4.78, 5) is 14.8. The summed E-state index contributed by atoms with van der Waals surface area (Å²) in [5.74, 6) is -1.20. The van der Waals surface area contributed by atoms with Gasteiger partial charge in [0.25, 0.3) is 5.82 Å². The largest absolute Gasteiger partial charge is 0.453 e. The molecule has 0 saturated carbocycles. The third-order valence-electron chi connectivity index (χ3n) is 5.86. The van der Waals surface area contributed by atoms with Gasteiger partial charge in [0, 0.05) is 25.3 Å². The van der Waals surface area contributed by atoms with Gasteiger partial charge in [-0.3, -0.25) is 4.79 Å². The molecule has 0 spiro atoms. The van der Waals surface area contributed by atoms with Crippen LogP contribution in [0.5, 0.6) is 0 Å². The Morgan fingerprint density at radius 1 is 1.09 bits per heavy atom. The van der Waals surface area contributed by atoms with E-state index in [-0.39, 0.29) is 28.4 Å². The van der Waals surface area contributed by atoms with Crippen LogP contribution < -0.4 is 10.2 Å². The zero-order chi connectivity index (χ0) is 24.7. The summed E-state index contributed by atoms with van der Waals surface area (Å²) in [6, 6.07) is 9.08. The molecule has 1 saturated heterocycles. The smallest absolute Gasteiger partial charge is 0.355 e. The average Bonchev–Trinajstić information content (AvgIpc) is 3.22. The number of alkyl halides is 3. The van der Waals surface area contributed by atoms with E-state index in [1.54, 1.807) is 18.2 Å². The summed E-state index contributed by atoms with van der Waals surface area (Å²) >= 11 is 0. The Kier molecular flexibility index (Phi) is 6.23. The minimum Gasteiger partial charge on any atom is -0.355 e. The van der Waals surface area contributed by atoms with Crippen molar-refractivity contribution in [2.24, 2.45) is 5.92 Å². The molecule has 1 aliphatic rings. The van der Waals surface area contributed by atoms with Crippen molar-refractivity contribution in [1.29, 1.82) is 0 Å². The van der Waals surface area contributed by atoms with Gasteiger partial charge in [-0.25, -0.2) is 8.42 Å². The maximum absolute atomic E-state index is 13.1. The van der Waals surface area contributed by atoms with E-state index in [9.17, 15) is 26.4 Å². The van der Waals surface area contributed by atoms with Crippen LogP contribution in [0.4, 0.5) is 19.0 Å². The molecule has 0 aliphatic carbocycles. The zero-order valence-corrected chi connectivity index (χ0v) is 19.3. The highest BCUT2D eigenvalue weighted by Gasteiger charge is 2.38. The van der Waals surface area contributed by atoms with Crippen molar-refractivity contribution in [3.63, 3.8) is 0 Å². The monoisotopic (exact) mass is 496 g/mol. The number of hydrogen-bond acceptors (Lipinski definition) is 7. The predicted molar refractivity (Wildman–Crippen MR) is 117 cm³/mol. The van der Waals surface area contributed by atoms with E-state index >= 15 is 0 Å². The molecular weight excluding hydrogens is 473 g/mol. The number of sulfone groups is 1. The Morgan fingerprint density at radius 2 is 1.74 bits per heavy atom. The first-order valence-corrected chi connectivity index (χ1v) is 12.5. The lowest BCUT2D eigenvalue weighted by Crippen LogP contribution is -2.41. The van der Waals surface area contributed by atoms with Crippen LogP contribution in [0.25, 0.3) is 5.65 Å². The fourth-order valence-corrected chi connectivity index (χ4v) is 4.54. The fourth-order valence-electron chi connectivity index (χ4n) is 3.91. The number of carbonyl (C=O) groups is 1. The third-order valence-corrected chi connectivity index (χ3v) is 6.99. The van der Waals surface area contributed by atoms with Crippen molar-refractivity contribution in [2.75, 3.05) is 24.2 Å². The minimum absolute atomic E-state index is 0.00361. The van der Waals surface area contributed by atoms with Crippen LogP contribution in [0.3, 0.4) is 0 Å². The first-order valence-electron chi connectivity index (χ1n) is 10.6. The highest BCUT2D eigenvalue weighted by molar-refractivity contribution is 7.90. The van der Waals surface area contributed by atoms with Gasteiger partial charge in [0.15, 0.2) is 15.5 Å². The van der Waals surface area contributed by atoms with E-state index in [0.29, 0.717) is 36.3 Å². The Balaban J connectivity index is 1.37. The second kappa shape index (κ2) is 8.85. The van der Waals surface area contributed by atoms with Crippen LogP contribution in [0, 0.1) is 5.92 Å². The number of piperidine rings is 1. The van der Waals surface area contributed by atoms with Gasteiger partial charge >= 0.3 is 6.18 Å². The lowest BCUT2D eigenvalue weighted by atomic mass is 9.95. The number of carbonyl (C=O) groups excluding carboxylic acids is 1. The number of amides is 1. The second-order valence-corrected chi connectivity index (χ2v) is 10.3. The summed E-state index contributed by atoms with van der Waals surface area (Å²) in [7, 11) is -3.29. The normalized spacial score (nSPS) is 16.6. The fraction of sp³-hybridized carbons (Fsp3) is 0.429. The quantitative estimate of drug-likeness (QED) is 0.578. The van der Waals surface area contributed by atoms with E-state index < -0.39 is 21.8 Å². The molecule has 1 unspecified atom stereocenters. The zero-order valence-electron chi connectivity index (χ0n) is 18.5. The molecule has 182 valence electrons. The van der Waals surface area contributed by atoms with Crippen LogP contribution in [0.15, 0.2) is 41.3 Å². The van der Waals surface area contributed by atoms with Gasteiger partial charge < -0.3 is 10.2 Å². The molecule has 3 aromatic rings. The van der Waals surface area contributed by atoms with Gasteiger partial charge in [0.05, 0.1) is 10.9 Å². The molecule has 2 aromatic heterocycles. The number of halogens is 3. The molecule has 9 nitrogen and oxygen atoms in total. The number of aromatic nitrogens is 4. The van der Waals surface area contributed by atoms with Crippen LogP contribution in [-0.4, -0.2) is 53.5 Å². The number of benzene rings is 1. The summed E-state index contributed by atoms with van der Waals surface area (Å²) in [6.45, 7) is 2.73. The maximum Gasteiger partial charge on any atom is 0.453 e. The molecule has 4 rings (SSSR count). The first kappa shape index (κ1) is 23.9. The molecule has 1 amide bonds. The van der Waals surface area contributed by atoms with Crippen molar-refractivity contribution in [3.8, 4) is 0 Å². The standard InChI is InChI=1S/C21H23F3N6O3S/c1-13(14-3-5-16(6-4-14)34(2,32)33)25-19(31)15-9-11-29(12-10-15)18-8-7-17-26-27-20(21(22,23)24)30(17)28-18/h3-8,13,15H,9-12H2,1-2H3,(H,25,31). The average molecular weight is 497 g/mol. The molecule has 1 fully saturated rings. The summed E-state index contributed by atoms with van der Waals surface area (Å²) in [5.41, 5.74) is 0.786. The number of nitrogens with zero attached hydrogens (tertiary/aromatic N) is 5. The molecule has 3 heterocycles. The van der Waals surface area contributed by atoms with E-state index in [0.717, 1.165) is 11.8 Å². The summed E-state index contributed by atoms with van der Waals surface area (Å²) < 4.78 is 63.2. The van der Waals surface area contributed by atoms with Crippen molar-refractivity contribution in [2.45, 2.75) is 36.9 Å². The molecule has 1 N–H and O–H groups in total. The Hall–Kier alpha value is -3.22. The van der Waals surface area contributed by atoms with Crippen LogP contribution in [0.2, 0.25) is 0 Å². The van der Waals surface area contributed by atoms with Crippen LogP contribution in [-0.2, 0) is 20.8 Å². The molecule has 0 radical (unpaired) electrons. The van der Waals surface area contributed by atoms with Crippen molar-refractivity contribution >= 4 is 27.2 Å². The van der Waals surface area contributed by atoms with Gasteiger partial charge in [0.2, 0.25) is 5.91 Å². The SMILES string of the molecule is CC(NC(=O)C1CCN(c2ccc3nnc(C(F)(F)F)n3n2)CC1)c1ccc(S(C)(=O)=O)cc1. The minimum atomic E-state index is -4.67. The first-order chi connectivity index (χ1) is 15.9. The molecule has 34 heavy (non-hydrogen) atoms. The molecule has 1 atom stereocenters. The topological polar surface area (TPSA) is 110 Å². The molecule has 1 aliphatic heterocycles. The lowest BCUT2D eigenvalue weighted by Gasteiger charge is -2.32. The maximum atomic E-state index is 13.1. The predicted octanol–water partition coefficient (Wildman–Crippen LogP) is 2.64. The number of hydrogen-bond donors (Lipinski definition) is 1. The molecule has 0 bridgehead atoms. The van der Waals surface area contributed by atoms with Gasteiger partial charge in [-0.05, 0) is 49.6 Å². The second-order valence-electron chi connectivity index (χ2n) is 8.32. The van der Waals surface area contributed by atoms with Crippen LogP contribution >= 0.6 is 0 Å². The highest BCUT2D eigenvalue weighted by atomic mass is 32.2. The number of nitrogens with one attached hydrogen (secondary N) is 1. The van der Waals surface area contributed by atoms with Crippen molar-refractivity contribution in [1.82, 2.24) is 25.1 Å². The van der Waals surface area contributed by atoms with E-state index in [4.69, 9.17) is 0 Å². The molecular formula is C21H23F3N6O3S. The van der Waals surface area contributed by atoms with Gasteiger partial charge in [0.1, 0.15) is 5.82 Å². The van der Waals surface area contributed by atoms with Crippen LogP contribution in [0.1, 0.15) is 37.2 Å². The summed E-state index contributed by atoms with van der Waals surface area (Å²) in [5, 5.41) is 13.7. The molecule has 1 aromatic carbocycles. The van der Waals surface area contributed by atoms with E-state index in [1.165, 1.54) is 18.2 Å². The highest BCUT2D eigenvalue weighted by Crippen LogP contribution is 2.29. The summed E-state index contributed by atoms with van der Waals surface area (Å²) in [6.07, 6.45) is -2.51. The number of anilines is 1. The lowest BCUT2D eigenvalue weighted by molar-refractivity contribution is -0.146. The van der Waals surface area contributed by atoms with Gasteiger partial charge in [-0.2, -0.15) is 17.7 Å². The van der Waals surface area contributed by atoms with E-state index in [1.807, 2.05) is 11.8 Å². The van der Waals surface area contributed by atoms with Crippen molar-refractivity contribution < 1.29 is 26.4 Å². The molecule has 13 heteroatoms. The Morgan fingerprint density at radius 3 is 2.32 bits per heavy atom. The Bertz CT molecular complexity index is 1300. The number of rotatable bonds is 5. The van der Waals surface area contributed by atoms with Gasteiger partial charge in [-0.15, -0.1) is 15.3 Å². The van der Waals surface area contributed by atoms with Crippen molar-refractivity contribution in [3.05, 3.63) is 47.8 Å². The van der Waals surface area contributed by atoms with E-state index in [2.05, 4.69) is 20.6 Å². The Labute approximate surface area is 193 Å². The third kappa shape index (κ3) is 4.98. The number of fused-ring (bicyclic) bond motifs is 1.